The minimum Gasteiger partial charge on any atom is -0.410 e. The molecule has 0 aromatic heterocycles. The summed E-state index contributed by atoms with van der Waals surface area (Å²) in [6, 6.07) is 13.1. The van der Waals surface area contributed by atoms with Crippen LogP contribution in [0.4, 0.5) is 13.2 Å². The van der Waals surface area contributed by atoms with Crippen molar-refractivity contribution >= 4 is 21.6 Å². The summed E-state index contributed by atoms with van der Waals surface area (Å²) in [5, 5.41) is 10.8. The van der Waals surface area contributed by atoms with Gasteiger partial charge in [0.2, 0.25) is 0 Å². The monoisotopic (exact) mass is 343 g/mol. The second-order valence-corrected chi connectivity index (χ2v) is 4.95. The maximum absolute atomic E-state index is 12.6. The van der Waals surface area contributed by atoms with Crippen LogP contribution in [0.1, 0.15) is 5.56 Å². The van der Waals surface area contributed by atoms with Gasteiger partial charge in [-0.1, -0.05) is 57.5 Å². The van der Waals surface area contributed by atoms with Gasteiger partial charge in [0.15, 0.2) is 5.71 Å². The minimum absolute atomic E-state index is 0.180. The normalized spacial score (nSPS) is 12.5. The molecule has 0 unspecified atom stereocenters. The summed E-state index contributed by atoms with van der Waals surface area (Å²) >= 11 is 3.31. The van der Waals surface area contributed by atoms with Gasteiger partial charge in [-0.25, -0.2) is 0 Å². The Balaban J connectivity index is 2.33. The number of halogens is 4. The molecule has 0 bridgehead atoms. The smallest absolute Gasteiger partial charge is 0.410 e. The lowest BCUT2D eigenvalue weighted by Crippen LogP contribution is -2.23. The van der Waals surface area contributed by atoms with Crippen LogP contribution in [-0.4, -0.2) is 17.1 Å². The third-order valence-corrected chi connectivity index (χ3v) is 3.23. The van der Waals surface area contributed by atoms with Crippen molar-refractivity contribution in [1.82, 2.24) is 0 Å². The average molecular weight is 344 g/mol. The molecule has 2 aromatic carbocycles. The highest BCUT2D eigenvalue weighted by Gasteiger charge is 2.37. The van der Waals surface area contributed by atoms with E-state index in [9.17, 15) is 13.2 Å². The van der Waals surface area contributed by atoms with Crippen LogP contribution in [0.5, 0.6) is 0 Å². The number of hydrogen-bond acceptors (Lipinski definition) is 2. The molecule has 0 saturated heterocycles. The van der Waals surface area contributed by atoms with Crippen molar-refractivity contribution in [2.75, 3.05) is 0 Å². The maximum atomic E-state index is 12.6. The van der Waals surface area contributed by atoms with Crippen molar-refractivity contribution in [2.24, 2.45) is 5.16 Å². The van der Waals surface area contributed by atoms with Crippen LogP contribution in [0, 0.1) is 0 Å². The Morgan fingerprint density at radius 2 is 1.35 bits per heavy atom. The van der Waals surface area contributed by atoms with Gasteiger partial charge >= 0.3 is 6.18 Å². The average Bonchev–Trinajstić information content (AvgIpc) is 2.40. The van der Waals surface area contributed by atoms with E-state index in [1.807, 2.05) is 24.3 Å². The Kier molecular flexibility index (Phi) is 4.13. The predicted octanol–water partition coefficient (Wildman–Crippen LogP) is 4.86. The minimum atomic E-state index is -4.69. The first-order valence-electron chi connectivity index (χ1n) is 5.57. The fourth-order valence-corrected chi connectivity index (χ4v) is 2.01. The van der Waals surface area contributed by atoms with Gasteiger partial charge in [0.25, 0.3) is 0 Å². The molecule has 0 spiro atoms. The molecule has 0 aliphatic heterocycles. The van der Waals surface area contributed by atoms with E-state index in [-0.39, 0.29) is 5.56 Å². The maximum Gasteiger partial charge on any atom is 0.437 e. The van der Waals surface area contributed by atoms with Crippen molar-refractivity contribution in [1.29, 1.82) is 0 Å². The third-order valence-electron chi connectivity index (χ3n) is 2.70. The molecular weight excluding hydrogens is 335 g/mol. The van der Waals surface area contributed by atoms with Gasteiger partial charge in [-0.3, -0.25) is 0 Å². The zero-order chi connectivity index (χ0) is 14.8. The van der Waals surface area contributed by atoms with Crippen LogP contribution in [0.15, 0.2) is 58.2 Å². The van der Waals surface area contributed by atoms with E-state index in [1.165, 1.54) is 12.1 Å². The molecule has 2 aromatic rings. The van der Waals surface area contributed by atoms with E-state index >= 15 is 0 Å². The largest absolute Gasteiger partial charge is 0.437 e. The highest BCUT2D eigenvalue weighted by molar-refractivity contribution is 9.10. The van der Waals surface area contributed by atoms with Crippen LogP contribution in [0.25, 0.3) is 11.1 Å². The van der Waals surface area contributed by atoms with Gasteiger partial charge in [-0.2, -0.15) is 13.2 Å². The van der Waals surface area contributed by atoms with Crippen molar-refractivity contribution in [3.05, 3.63) is 58.6 Å². The molecule has 1 N–H and O–H groups in total. The molecule has 0 atom stereocenters. The van der Waals surface area contributed by atoms with Crippen LogP contribution < -0.4 is 0 Å². The van der Waals surface area contributed by atoms with E-state index in [1.54, 1.807) is 12.1 Å². The highest BCUT2D eigenvalue weighted by atomic mass is 79.9. The van der Waals surface area contributed by atoms with Crippen LogP contribution >= 0.6 is 15.9 Å². The van der Waals surface area contributed by atoms with Gasteiger partial charge in [-0.05, 0) is 23.3 Å². The zero-order valence-corrected chi connectivity index (χ0v) is 11.6. The van der Waals surface area contributed by atoms with Crippen LogP contribution in [-0.2, 0) is 0 Å². The quantitative estimate of drug-likeness (QED) is 0.471. The lowest BCUT2D eigenvalue weighted by molar-refractivity contribution is -0.0601. The molecule has 2 nitrogen and oxygen atoms in total. The van der Waals surface area contributed by atoms with Crippen LogP contribution in [0.3, 0.4) is 0 Å². The number of benzene rings is 2. The summed E-state index contributed by atoms with van der Waals surface area (Å²) in [6.45, 7) is 0. The Labute approximate surface area is 121 Å². The Bertz CT molecular complexity index is 618. The molecule has 0 saturated carbocycles. The summed E-state index contributed by atoms with van der Waals surface area (Å²) in [7, 11) is 0. The number of alkyl halides is 3. The lowest BCUT2D eigenvalue weighted by atomic mass is 10.0. The molecule has 6 heteroatoms. The van der Waals surface area contributed by atoms with Crippen molar-refractivity contribution in [2.45, 2.75) is 6.18 Å². The summed E-state index contributed by atoms with van der Waals surface area (Å²) in [6.07, 6.45) is -4.69. The second kappa shape index (κ2) is 5.66. The molecule has 0 heterocycles. The predicted molar refractivity (Wildman–Crippen MR) is 74.0 cm³/mol. The molecule has 0 fully saturated rings. The summed E-state index contributed by atoms with van der Waals surface area (Å²) in [4.78, 5) is 0. The molecule has 2 rings (SSSR count). The Hall–Kier alpha value is -1.82. The summed E-state index contributed by atoms with van der Waals surface area (Å²) < 4.78 is 38.7. The zero-order valence-electron chi connectivity index (χ0n) is 10.0. The summed E-state index contributed by atoms with van der Waals surface area (Å²) in [5.41, 5.74) is 0.177. The lowest BCUT2D eigenvalue weighted by Gasteiger charge is -2.09. The number of hydrogen-bond donors (Lipinski definition) is 1. The molecule has 0 aliphatic rings. The first kappa shape index (κ1) is 14.6. The van der Waals surface area contributed by atoms with E-state index in [0.29, 0.717) is 0 Å². The van der Waals surface area contributed by atoms with Crippen LogP contribution in [0.2, 0.25) is 0 Å². The molecule has 0 radical (unpaired) electrons. The van der Waals surface area contributed by atoms with Gasteiger partial charge in [0, 0.05) is 10.0 Å². The molecule has 0 amide bonds. The van der Waals surface area contributed by atoms with Gasteiger partial charge in [-0.15, -0.1) is 0 Å². The first-order chi connectivity index (χ1) is 9.41. The highest BCUT2D eigenvalue weighted by Crippen LogP contribution is 2.26. The molecule has 20 heavy (non-hydrogen) atoms. The number of nitrogens with zero attached hydrogens (tertiary/aromatic N) is 1. The standard InChI is InChI=1S/C14H9BrF3NO/c15-12-7-5-10(6-8-12)9-1-3-11(4-2-9)13(19-20)14(16,17)18/h1-8,20H/b19-13-. The van der Waals surface area contributed by atoms with Crippen molar-refractivity contribution < 1.29 is 18.4 Å². The second-order valence-electron chi connectivity index (χ2n) is 4.03. The fraction of sp³-hybridized carbons (Fsp3) is 0.0714. The first-order valence-corrected chi connectivity index (χ1v) is 6.37. The third kappa shape index (κ3) is 3.19. The Morgan fingerprint density at radius 1 is 0.900 bits per heavy atom. The summed E-state index contributed by atoms with van der Waals surface area (Å²) in [5.74, 6) is 0. The van der Waals surface area contributed by atoms with Crippen molar-refractivity contribution in [3.8, 4) is 11.1 Å². The Morgan fingerprint density at radius 3 is 1.75 bits per heavy atom. The van der Waals surface area contributed by atoms with E-state index in [0.717, 1.165) is 15.6 Å². The van der Waals surface area contributed by atoms with Gasteiger partial charge in [0.05, 0.1) is 0 Å². The number of oxime groups is 1. The van der Waals surface area contributed by atoms with E-state index in [2.05, 4.69) is 21.1 Å². The van der Waals surface area contributed by atoms with Gasteiger partial charge in [0.1, 0.15) is 0 Å². The van der Waals surface area contributed by atoms with E-state index in [4.69, 9.17) is 5.21 Å². The van der Waals surface area contributed by atoms with E-state index < -0.39 is 11.9 Å². The fourth-order valence-electron chi connectivity index (χ4n) is 1.74. The van der Waals surface area contributed by atoms with Gasteiger partial charge < -0.3 is 5.21 Å². The topological polar surface area (TPSA) is 32.6 Å². The molecule has 0 aliphatic carbocycles. The van der Waals surface area contributed by atoms with Crippen molar-refractivity contribution in [3.63, 3.8) is 0 Å². The molecule has 104 valence electrons. The SMILES string of the molecule is O/N=C(/c1ccc(-c2ccc(Br)cc2)cc1)C(F)(F)F. The number of rotatable bonds is 2. The molecular formula is C14H9BrF3NO.